The fourth-order valence-electron chi connectivity index (χ4n) is 2.16. The summed E-state index contributed by atoms with van der Waals surface area (Å²) in [5, 5.41) is 5.29. The molecule has 1 atom stereocenters. The monoisotopic (exact) mass is 346 g/mol. The molecule has 2 aromatic heterocycles. The van der Waals surface area contributed by atoms with Crippen molar-refractivity contribution >= 4 is 28.8 Å². The Morgan fingerprint density at radius 2 is 2.08 bits per heavy atom. The summed E-state index contributed by atoms with van der Waals surface area (Å²) in [7, 11) is 0. The van der Waals surface area contributed by atoms with Gasteiger partial charge in [0.05, 0.1) is 23.9 Å². The maximum Gasteiger partial charge on any atom is 0.319 e. The Kier molecular flexibility index (Phi) is 4.75. The molecular weight excluding hydrogens is 331 g/mol. The molecule has 0 fully saturated rings. The van der Waals surface area contributed by atoms with Crippen molar-refractivity contribution in [2.45, 2.75) is 24.1 Å². The fourth-order valence-corrected chi connectivity index (χ4v) is 3.04. The van der Waals surface area contributed by atoms with E-state index < -0.39 is 5.25 Å². The van der Waals surface area contributed by atoms with Crippen LogP contribution in [0.5, 0.6) is 0 Å². The van der Waals surface area contributed by atoms with E-state index >= 15 is 0 Å². The van der Waals surface area contributed by atoms with Crippen LogP contribution < -0.4 is 0 Å². The molecule has 0 spiro atoms. The highest BCUT2D eigenvalue weighted by atomic mass is 32.2. The van der Waals surface area contributed by atoms with E-state index in [4.69, 9.17) is 4.74 Å². The van der Waals surface area contributed by atoms with Gasteiger partial charge in [-0.05, 0) is 38.1 Å². The van der Waals surface area contributed by atoms with Crippen LogP contribution in [0, 0.1) is 5.82 Å². The van der Waals surface area contributed by atoms with Gasteiger partial charge < -0.3 is 4.74 Å². The second-order valence-corrected chi connectivity index (χ2v) is 6.29. The molecule has 3 aromatic rings. The number of hydrogen-bond acceptors (Lipinski definition) is 6. The number of carbonyl (C=O) groups is 1. The number of aromatic nitrogens is 4. The standard InChI is InChI=1S/C16H15FN4O2S/c1-3-23-16(22)10(2)24-15-13-8-20-21(14(13)18-9-19-15)12-6-4-11(17)5-7-12/h4-10H,3H2,1-2H3/t10-/m0/s1. The van der Waals surface area contributed by atoms with E-state index in [-0.39, 0.29) is 11.8 Å². The predicted molar refractivity (Wildman–Crippen MR) is 88.6 cm³/mol. The Morgan fingerprint density at radius 3 is 2.79 bits per heavy atom. The predicted octanol–water partition coefficient (Wildman–Crippen LogP) is 3.00. The number of nitrogens with zero attached hydrogens (tertiary/aromatic N) is 4. The first-order valence-electron chi connectivity index (χ1n) is 7.38. The summed E-state index contributed by atoms with van der Waals surface area (Å²) in [6, 6.07) is 5.97. The number of benzene rings is 1. The van der Waals surface area contributed by atoms with E-state index in [2.05, 4.69) is 15.1 Å². The van der Waals surface area contributed by atoms with Gasteiger partial charge in [-0.3, -0.25) is 4.79 Å². The van der Waals surface area contributed by atoms with E-state index in [9.17, 15) is 9.18 Å². The van der Waals surface area contributed by atoms with E-state index in [1.54, 1.807) is 36.9 Å². The molecule has 0 radical (unpaired) electrons. The minimum absolute atomic E-state index is 0.291. The van der Waals surface area contributed by atoms with Crippen molar-refractivity contribution in [2.75, 3.05) is 6.61 Å². The zero-order valence-electron chi connectivity index (χ0n) is 13.1. The summed E-state index contributed by atoms with van der Waals surface area (Å²) in [6.07, 6.45) is 3.06. The van der Waals surface area contributed by atoms with Crippen LogP contribution in [0.4, 0.5) is 4.39 Å². The SMILES string of the molecule is CCOC(=O)[C@H](C)Sc1ncnc2c1cnn2-c1ccc(F)cc1. The zero-order valence-corrected chi connectivity index (χ0v) is 14.0. The Bertz CT molecular complexity index is 866. The average molecular weight is 346 g/mol. The van der Waals surface area contributed by atoms with Crippen LogP contribution in [0.2, 0.25) is 0 Å². The molecule has 0 bridgehead atoms. The first kappa shape index (κ1) is 16.4. The maximum absolute atomic E-state index is 13.1. The number of carbonyl (C=O) groups excluding carboxylic acids is 1. The van der Waals surface area contributed by atoms with Gasteiger partial charge in [0, 0.05) is 0 Å². The fraction of sp³-hybridized carbons (Fsp3) is 0.250. The molecule has 0 unspecified atom stereocenters. The van der Waals surface area contributed by atoms with Crippen molar-refractivity contribution in [3.8, 4) is 5.69 Å². The number of ether oxygens (including phenoxy) is 1. The van der Waals surface area contributed by atoms with Gasteiger partial charge in [-0.15, -0.1) is 0 Å². The minimum Gasteiger partial charge on any atom is -0.465 e. The summed E-state index contributed by atoms with van der Waals surface area (Å²) in [5.74, 6) is -0.607. The molecule has 6 nitrogen and oxygen atoms in total. The highest BCUT2D eigenvalue weighted by Crippen LogP contribution is 2.29. The number of hydrogen-bond donors (Lipinski definition) is 0. The summed E-state index contributed by atoms with van der Waals surface area (Å²) >= 11 is 1.29. The lowest BCUT2D eigenvalue weighted by atomic mass is 10.3. The normalized spacial score (nSPS) is 12.3. The van der Waals surface area contributed by atoms with Crippen molar-refractivity contribution in [1.29, 1.82) is 0 Å². The average Bonchev–Trinajstić information content (AvgIpc) is 3.01. The molecule has 3 rings (SSSR count). The third-order valence-electron chi connectivity index (χ3n) is 3.31. The van der Waals surface area contributed by atoms with Crippen LogP contribution in [0.3, 0.4) is 0 Å². The molecule has 124 valence electrons. The van der Waals surface area contributed by atoms with Crippen LogP contribution in [-0.4, -0.2) is 37.6 Å². The van der Waals surface area contributed by atoms with Crippen molar-refractivity contribution in [1.82, 2.24) is 19.7 Å². The Morgan fingerprint density at radius 1 is 1.33 bits per heavy atom. The second kappa shape index (κ2) is 6.96. The van der Waals surface area contributed by atoms with Gasteiger partial charge in [0.15, 0.2) is 5.65 Å². The molecule has 0 saturated carbocycles. The molecule has 0 aliphatic carbocycles. The molecule has 0 amide bonds. The molecule has 0 aliphatic heterocycles. The van der Waals surface area contributed by atoms with Crippen LogP contribution in [0.15, 0.2) is 41.8 Å². The van der Waals surface area contributed by atoms with Gasteiger partial charge in [0.2, 0.25) is 0 Å². The third-order valence-corrected chi connectivity index (χ3v) is 4.40. The smallest absolute Gasteiger partial charge is 0.319 e. The molecule has 0 saturated heterocycles. The van der Waals surface area contributed by atoms with Gasteiger partial charge in [-0.25, -0.2) is 19.0 Å². The molecule has 0 N–H and O–H groups in total. The molecule has 1 aromatic carbocycles. The van der Waals surface area contributed by atoms with E-state index in [0.717, 1.165) is 5.39 Å². The lowest BCUT2D eigenvalue weighted by molar-refractivity contribution is -0.142. The lowest BCUT2D eigenvalue weighted by Gasteiger charge is -2.09. The van der Waals surface area contributed by atoms with Crippen molar-refractivity contribution in [2.24, 2.45) is 0 Å². The number of halogens is 1. The summed E-state index contributed by atoms with van der Waals surface area (Å²) in [5.41, 5.74) is 1.29. The number of rotatable bonds is 5. The Balaban J connectivity index is 1.94. The summed E-state index contributed by atoms with van der Waals surface area (Å²) in [6.45, 7) is 3.87. The number of thioether (sulfide) groups is 1. The molecule has 24 heavy (non-hydrogen) atoms. The van der Waals surface area contributed by atoms with Gasteiger partial charge in [-0.1, -0.05) is 11.8 Å². The first-order chi connectivity index (χ1) is 11.6. The van der Waals surface area contributed by atoms with Crippen molar-refractivity contribution in [3.05, 3.63) is 42.6 Å². The van der Waals surface area contributed by atoms with Crippen LogP contribution >= 0.6 is 11.8 Å². The van der Waals surface area contributed by atoms with E-state index in [1.807, 2.05) is 0 Å². The van der Waals surface area contributed by atoms with Crippen LogP contribution in [-0.2, 0) is 9.53 Å². The highest BCUT2D eigenvalue weighted by molar-refractivity contribution is 8.00. The van der Waals surface area contributed by atoms with Crippen molar-refractivity contribution in [3.63, 3.8) is 0 Å². The summed E-state index contributed by atoms with van der Waals surface area (Å²) in [4.78, 5) is 20.3. The molecule has 2 heterocycles. The van der Waals surface area contributed by atoms with Gasteiger partial charge in [0.1, 0.15) is 22.4 Å². The summed E-state index contributed by atoms with van der Waals surface area (Å²) < 4.78 is 19.7. The lowest BCUT2D eigenvalue weighted by Crippen LogP contribution is -2.16. The number of esters is 1. The highest BCUT2D eigenvalue weighted by Gasteiger charge is 2.19. The van der Waals surface area contributed by atoms with E-state index in [1.165, 1.54) is 30.2 Å². The number of fused-ring (bicyclic) bond motifs is 1. The maximum atomic E-state index is 13.1. The van der Waals surface area contributed by atoms with Gasteiger partial charge in [-0.2, -0.15) is 5.10 Å². The quantitative estimate of drug-likeness (QED) is 0.402. The third kappa shape index (κ3) is 3.23. The van der Waals surface area contributed by atoms with Gasteiger partial charge >= 0.3 is 5.97 Å². The largest absolute Gasteiger partial charge is 0.465 e. The Labute approximate surface area is 142 Å². The van der Waals surface area contributed by atoms with Gasteiger partial charge in [0.25, 0.3) is 0 Å². The first-order valence-corrected chi connectivity index (χ1v) is 8.26. The van der Waals surface area contributed by atoms with Crippen LogP contribution in [0.1, 0.15) is 13.8 Å². The minimum atomic E-state index is -0.391. The molecule has 0 aliphatic rings. The Hall–Kier alpha value is -2.48. The zero-order chi connectivity index (χ0) is 17.1. The van der Waals surface area contributed by atoms with Crippen molar-refractivity contribution < 1.29 is 13.9 Å². The van der Waals surface area contributed by atoms with Crippen LogP contribution in [0.25, 0.3) is 16.7 Å². The topological polar surface area (TPSA) is 69.9 Å². The van der Waals surface area contributed by atoms with E-state index in [0.29, 0.717) is 23.0 Å². The second-order valence-electron chi connectivity index (χ2n) is 4.96. The molecular formula is C16H15FN4O2S. The molecule has 8 heteroatoms.